The first-order valence-electron chi connectivity index (χ1n) is 3.97. The van der Waals surface area contributed by atoms with Crippen LogP contribution in [-0.4, -0.2) is 16.5 Å². The molecule has 1 aromatic heterocycles. The van der Waals surface area contributed by atoms with Crippen LogP contribution in [0.25, 0.3) is 6.08 Å². The monoisotopic (exact) mass is 193 g/mol. The number of hydrogen-bond acceptors (Lipinski definition) is 3. The number of Topliss-reactive ketones (excluding diaryl/α,β-unsaturated/α-hetero) is 1. The molecule has 3 heteroatoms. The number of rotatable bonds is 3. The van der Waals surface area contributed by atoms with Crippen molar-refractivity contribution in [2.45, 2.75) is 6.92 Å². The summed E-state index contributed by atoms with van der Waals surface area (Å²) in [5.41, 5.74) is 1.57. The van der Waals surface area contributed by atoms with E-state index in [0.717, 1.165) is 5.56 Å². The van der Waals surface area contributed by atoms with Crippen LogP contribution in [0.3, 0.4) is 0 Å². The lowest BCUT2D eigenvalue weighted by Gasteiger charge is -1.96. The Kier molecular flexibility index (Phi) is 3.71. The molecule has 0 saturated carbocycles. The summed E-state index contributed by atoms with van der Waals surface area (Å²) in [5.74, 6) is 0.721. The molecule has 0 unspecified atom stereocenters. The van der Waals surface area contributed by atoms with Gasteiger partial charge in [0.2, 0.25) is 0 Å². The Bertz CT molecular complexity index is 333. The van der Waals surface area contributed by atoms with E-state index in [4.69, 9.17) is 0 Å². The first kappa shape index (κ1) is 9.99. The molecular formula is C10H11NOS. The van der Waals surface area contributed by atoms with E-state index < -0.39 is 0 Å². The van der Waals surface area contributed by atoms with Crippen LogP contribution in [0.2, 0.25) is 0 Å². The maximum absolute atomic E-state index is 11.0. The zero-order valence-corrected chi connectivity index (χ0v) is 8.29. The summed E-state index contributed by atoms with van der Waals surface area (Å²) in [6.45, 7) is 1.53. The fraction of sp³-hybridized carbons (Fsp3) is 0.200. The van der Waals surface area contributed by atoms with Crippen molar-refractivity contribution < 1.29 is 4.79 Å². The smallest absolute Gasteiger partial charge is 0.161 e. The molecule has 68 valence electrons. The topological polar surface area (TPSA) is 30.0 Å². The summed E-state index contributed by atoms with van der Waals surface area (Å²) in [6.07, 6.45) is 7.09. The molecular weight excluding hydrogens is 182 g/mol. The first-order valence-corrected chi connectivity index (χ1v) is 4.60. The van der Waals surface area contributed by atoms with Crippen molar-refractivity contribution in [2.75, 3.05) is 5.75 Å². The Hall–Kier alpha value is -1.09. The molecule has 13 heavy (non-hydrogen) atoms. The molecule has 0 saturated heterocycles. The van der Waals surface area contributed by atoms with Gasteiger partial charge in [0.1, 0.15) is 0 Å². The van der Waals surface area contributed by atoms with Gasteiger partial charge in [0.05, 0.1) is 0 Å². The lowest BCUT2D eigenvalue weighted by molar-refractivity contribution is 0.101. The van der Waals surface area contributed by atoms with Crippen molar-refractivity contribution in [1.29, 1.82) is 0 Å². The van der Waals surface area contributed by atoms with Gasteiger partial charge in [-0.2, -0.15) is 12.6 Å². The predicted molar refractivity (Wildman–Crippen MR) is 57.1 cm³/mol. The molecule has 0 amide bonds. The van der Waals surface area contributed by atoms with Crippen LogP contribution in [0, 0.1) is 0 Å². The molecule has 0 aliphatic carbocycles. The number of nitrogens with zero attached hydrogens (tertiary/aromatic N) is 1. The molecule has 1 aromatic rings. The third-order valence-electron chi connectivity index (χ3n) is 1.58. The molecule has 0 atom stereocenters. The number of pyridine rings is 1. The van der Waals surface area contributed by atoms with Crippen LogP contribution in [0.4, 0.5) is 0 Å². The minimum Gasteiger partial charge on any atom is -0.294 e. The molecule has 0 aliphatic rings. The molecule has 1 heterocycles. The van der Waals surface area contributed by atoms with Crippen LogP contribution in [0.15, 0.2) is 24.5 Å². The fourth-order valence-electron chi connectivity index (χ4n) is 0.930. The normalized spacial score (nSPS) is 10.6. The van der Waals surface area contributed by atoms with E-state index in [-0.39, 0.29) is 5.78 Å². The van der Waals surface area contributed by atoms with Crippen molar-refractivity contribution in [1.82, 2.24) is 4.98 Å². The van der Waals surface area contributed by atoms with Crippen molar-refractivity contribution in [3.05, 3.63) is 35.7 Å². The molecule has 2 nitrogen and oxygen atoms in total. The number of hydrogen-bond donors (Lipinski definition) is 1. The van der Waals surface area contributed by atoms with Crippen molar-refractivity contribution in [2.24, 2.45) is 0 Å². The average Bonchev–Trinajstić information content (AvgIpc) is 2.15. The van der Waals surface area contributed by atoms with Crippen molar-refractivity contribution in [3.63, 3.8) is 0 Å². The standard InChI is InChI=1S/C10H11NOS/c1-8(12)10-5-9(3-2-4-13)6-11-7-10/h2-3,5-7,13H,4H2,1H3. The second-order valence-electron chi connectivity index (χ2n) is 2.65. The molecule has 0 radical (unpaired) electrons. The van der Waals surface area contributed by atoms with Crippen LogP contribution in [-0.2, 0) is 0 Å². The number of thiol groups is 1. The lowest BCUT2D eigenvalue weighted by Crippen LogP contribution is -1.93. The summed E-state index contributed by atoms with van der Waals surface area (Å²) in [6, 6.07) is 1.81. The summed E-state index contributed by atoms with van der Waals surface area (Å²) >= 11 is 4.04. The van der Waals surface area contributed by atoms with E-state index in [1.165, 1.54) is 6.92 Å². The van der Waals surface area contributed by atoms with Gasteiger partial charge in [0, 0.05) is 23.7 Å². The van der Waals surface area contributed by atoms with E-state index >= 15 is 0 Å². The highest BCUT2D eigenvalue weighted by atomic mass is 32.1. The van der Waals surface area contributed by atoms with Crippen LogP contribution in [0.5, 0.6) is 0 Å². The van der Waals surface area contributed by atoms with Crippen molar-refractivity contribution >= 4 is 24.5 Å². The maximum atomic E-state index is 11.0. The van der Waals surface area contributed by atoms with E-state index in [0.29, 0.717) is 11.3 Å². The summed E-state index contributed by atoms with van der Waals surface area (Å²) in [4.78, 5) is 15.0. The number of ketones is 1. The van der Waals surface area contributed by atoms with E-state index in [1.807, 2.05) is 18.2 Å². The lowest BCUT2D eigenvalue weighted by atomic mass is 10.1. The SMILES string of the molecule is CC(=O)c1cncc(C=CCS)c1. The highest BCUT2D eigenvalue weighted by Crippen LogP contribution is 2.05. The van der Waals surface area contributed by atoms with Gasteiger partial charge in [-0.1, -0.05) is 12.2 Å². The third kappa shape index (κ3) is 3.03. The second kappa shape index (κ2) is 4.82. The van der Waals surface area contributed by atoms with Gasteiger partial charge in [-0.3, -0.25) is 9.78 Å². The van der Waals surface area contributed by atoms with Gasteiger partial charge in [0.25, 0.3) is 0 Å². The summed E-state index contributed by atoms with van der Waals surface area (Å²) in [7, 11) is 0. The van der Waals surface area contributed by atoms with Gasteiger partial charge < -0.3 is 0 Å². The predicted octanol–water partition coefficient (Wildman–Crippen LogP) is 2.23. The second-order valence-corrected chi connectivity index (χ2v) is 3.01. The van der Waals surface area contributed by atoms with Crippen LogP contribution in [0.1, 0.15) is 22.8 Å². The van der Waals surface area contributed by atoms with Gasteiger partial charge in [0.15, 0.2) is 5.78 Å². The first-order chi connectivity index (χ1) is 6.24. The summed E-state index contributed by atoms with van der Waals surface area (Å²) in [5, 5.41) is 0. The van der Waals surface area contributed by atoms with Crippen LogP contribution < -0.4 is 0 Å². The average molecular weight is 193 g/mol. The Labute approximate surface area is 83.1 Å². The zero-order chi connectivity index (χ0) is 9.68. The largest absolute Gasteiger partial charge is 0.294 e. The van der Waals surface area contributed by atoms with Crippen molar-refractivity contribution in [3.8, 4) is 0 Å². The minimum absolute atomic E-state index is 0.0358. The van der Waals surface area contributed by atoms with Gasteiger partial charge in [-0.25, -0.2) is 0 Å². The highest BCUT2D eigenvalue weighted by molar-refractivity contribution is 7.80. The van der Waals surface area contributed by atoms with E-state index in [1.54, 1.807) is 12.4 Å². The maximum Gasteiger partial charge on any atom is 0.161 e. The Morgan fingerprint density at radius 3 is 3.00 bits per heavy atom. The molecule has 0 spiro atoms. The fourth-order valence-corrected chi connectivity index (χ4v) is 1.04. The van der Waals surface area contributed by atoms with E-state index in [2.05, 4.69) is 17.6 Å². The molecule has 1 rings (SSSR count). The number of carbonyl (C=O) groups excluding carboxylic acids is 1. The Morgan fingerprint density at radius 1 is 1.62 bits per heavy atom. The quantitative estimate of drug-likeness (QED) is 0.589. The van der Waals surface area contributed by atoms with E-state index in [9.17, 15) is 4.79 Å². The molecule has 0 aliphatic heterocycles. The third-order valence-corrected chi connectivity index (χ3v) is 1.79. The Balaban J connectivity index is 2.92. The molecule has 0 fully saturated rings. The highest BCUT2D eigenvalue weighted by Gasteiger charge is 1.98. The zero-order valence-electron chi connectivity index (χ0n) is 7.40. The molecule has 0 N–H and O–H groups in total. The molecule has 0 aromatic carbocycles. The Morgan fingerprint density at radius 2 is 2.38 bits per heavy atom. The van der Waals surface area contributed by atoms with Gasteiger partial charge >= 0.3 is 0 Å². The van der Waals surface area contributed by atoms with Gasteiger partial charge in [-0.05, 0) is 18.6 Å². The summed E-state index contributed by atoms with van der Waals surface area (Å²) < 4.78 is 0. The number of carbonyl (C=O) groups is 1. The van der Waals surface area contributed by atoms with Gasteiger partial charge in [-0.15, -0.1) is 0 Å². The number of aromatic nitrogens is 1. The van der Waals surface area contributed by atoms with Crippen LogP contribution >= 0.6 is 12.6 Å². The minimum atomic E-state index is 0.0358. The molecule has 0 bridgehead atoms.